The van der Waals surface area contributed by atoms with Crippen molar-refractivity contribution in [3.63, 3.8) is 0 Å². The summed E-state index contributed by atoms with van der Waals surface area (Å²) >= 11 is 0. The molecule has 15 heteroatoms. The van der Waals surface area contributed by atoms with E-state index in [1.165, 1.54) is 0 Å². The molecule has 164 valence electrons. The van der Waals surface area contributed by atoms with Crippen molar-refractivity contribution < 1.29 is 39.0 Å². The fourth-order valence-electron chi connectivity index (χ4n) is 1.67. The largest absolute Gasteiger partial charge is 0.480 e. The average Bonchev–Trinajstić information content (AvgIpc) is 2.64. The molecule has 0 bridgehead atoms. The van der Waals surface area contributed by atoms with Crippen LogP contribution >= 0.6 is 21.6 Å². The first-order chi connectivity index (χ1) is 13.6. The lowest BCUT2D eigenvalue weighted by Gasteiger charge is -2.18. The van der Waals surface area contributed by atoms with Crippen LogP contribution in [0.1, 0.15) is 12.8 Å². The van der Waals surface area contributed by atoms with Gasteiger partial charge in [-0.2, -0.15) is 0 Å². The van der Waals surface area contributed by atoms with E-state index in [-0.39, 0.29) is 24.3 Å². The lowest BCUT2D eigenvalue weighted by atomic mass is 10.1. The zero-order chi connectivity index (χ0) is 22.4. The number of rotatable bonds is 16. The Morgan fingerprint density at radius 2 is 1.62 bits per heavy atom. The average molecular weight is 453 g/mol. The molecule has 0 radical (unpaired) electrons. The third-order valence-corrected chi connectivity index (χ3v) is 5.65. The highest BCUT2D eigenvalue weighted by atomic mass is 33.1. The molecule has 0 rings (SSSR count). The Balaban J connectivity index is 4.71. The van der Waals surface area contributed by atoms with Crippen LogP contribution in [0, 0.1) is 0 Å². The quantitative estimate of drug-likeness (QED) is 0.0700. The smallest absolute Gasteiger partial charge is 0.322 e. The van der Waals surface area contributed by atoms with Gasteiger partial charge in [0.25, 0.3) is 0 Å². The van der Waals surface area contributed by atoms with Crippen LogP contribution in [0.25, 0.3) is 0 Å². The summed E-state index contributed by atoms with van der Waals surface area (Å²) in [7, 11) is 2.18. The molecule has 0 aliphatic carbocycles. The van der Waals surface area contributed by atoms with Gasteiger partial charge >= 0.3 is 11.9 Å². The molecule has 0 saturated carbocycles. The number of carboxylic acid groups (broad SMARTS) is 2. The summed E-state index contributed by atoms with van der Waals surface area (Å²) in [5, 5.41) is 24.1. The number of aliphatic carboxylic acids is 2. The Hall–Kier alpha value is -2.52. The predicted molar refractivity (Wildman–Crippen MR) is 105 cm³/mol. The van der Waals surface area contributed by atoms with E-state index in [2.05, 4.69) is 16.0 Å². The van der Waals surface area contributed by atoms with E-state index in [0.717, 1.165) is 21.6 Å². The van der Waals surface area contributed by atoms with E-state index in [1.807, 2.05) is 0 Å². The Kier molecular flexibility index (Phi) is 13.2. The Labute approximate surface area is 173 Å². The topological polar surface area (TPSA) is 231 Å². The first-order valence-electron chi connectivity index (χ1n) is 8.09. The standard InChI is InChI=1S/C14H23N5O8S2/c15-7(14(26)27)1-2-10(21)19-9(13(25)17-3-11(22)23)5-29-28-4-8(12(16)24)18-6-20/h6-9H,1-5,15H2,(H2,16,24)(H,17,25)(H,18,20)(H,19,21)(H,22,23)(H,26,27)/t7-,8-,9-/m0/s1. The van der Waals surface area contributed by atoms with Gasteiger partial charge < -0.3 is 37.6 Å². The third kappa shape index (κ3) is 12.5. The molecule has 13 nitrogen and oxygen atoms in total. The lowest BCUT2D eigenvalue weighted by Crippen LogP contribution is -2.49. The van der Waals surface area contributed by atoms with Gasteiger partial charge in [-0.25, -0.2) is 0 Å². The van der Waals surface area contributed by atoms with Crippen molar-refractivity contribution in [3.8, 4) is 0 Å². The van der Waals surface area contributed by atoms with Gasteiger partial charge in [0, 0.05) is 17.9 Å². The van der Waals surface area contributed by atoms with Crippen LogP contribution in [0.4, 0.5) is 0 Å². The van der Waals surface area contributed by atoms with Gasteiger partial charge in [-0.1, -0.05) is 21.6 Å². The van der Waals surface area contributed by atoms with Crippen LogP contribution in [-0.4, -0.2) is 82.5 Å². The summed E-state index contributed by atoms with van der Waals surface area (Å²) in [6.45, 7) is -0.653. The number of carboxylic acids is 2. The van der Waals surface area contributed by atoms with Crippen molar-refractivity contribution in [1.82, 2.24) is 16.0 Å². The molecule has 0 fully saturated rings. The van der Waals surface area contributed by atoms with E-state index in [4.69, 9.17) is 21.7 Å². The van der Waals surface area contributed by atoms with Crippen LogP contribution in [0.5, 0.6) is 0 Å². The normalized spacial score (nSPS) is 13.4. The molecular weight excluding hydrogens is 430 g/mol. The van der Waals surface area contributed by atoms with E-state index in [0.29, 0.717) is 6.41 Å². The minimum Gasteiger partial charge on any atom is -0.480 e. The SMILES string of the molecule is NC(=O)[C@H](CSSC[C@H](NC(=O)CC[C@H](N)C(=O)O)C(=O)NCC(=O)O)NC=O. The molecule has 0 saturated heterocycles. The first-order valence-corrected chi connectivity index (χ1v) is 10.6. The van der Waals surface area contributed by atoms with Gasteiger partial charge in [0.2, 0.25) is 24.1 Å². The minimum atomic E-state index is -1.28. The molecular formula is C14H23N5O8S2. The molecule has 0 spiro atoms. The van der Waals surface area contributed by atoms with Gasteiger partial charge in [-0.05, 0) is 6.42 Å². The molecule has 0 aromatic rings. The maximum Gasteiger partial charge on any atom is 0.322 e. The highest BCUT2D eigenvalue weighted by molar-refractivity contribution is 8.76. The van der Waals surface area contributed by atoms with Crippen LogP contribution < -0.4 is 27.4 Å². The number of nitrogens with one attached hydrogen (secondary N) is 3. The van der Waals surface area contributed by atoms with E-state index in [1.54, 1.807) is 0 Å². The number of primary amides is 1. The highest BCUT2D eigenvalue weighted by Gasteiger charge is 2.23. The van der Waals surface area contributed by atoms with Gasteiger partial charge in [0.05, 0.1) is 0 Å². The maximum atomic E-state index is 12.1. The van der Waals surface area contributed by atoms with E-state index in [9.17, 15) is 28.8 Å². The van der Waals surface area contributed by atoms with Crippen molar-refractivity contribution in [1.29, 1.82) is 0 Å². The number of hydrogen-bond acceptors (Lipinski definition) is 9. The number of carbonyl (C=O) groups excluding carboxylic acids is 4. The Morgan fingerprint density at radius 1 is 1.03 bits per heavy atom. The van der Waals surface area contributed by atoms with Crippen molar-refractivity contribution in [2.75, 3.05) is 18.1 Å². The molecule has 29 heavy (non-hydrogen) atoms. The summed E-state index contributed by atoms with van der Waals surface area (Å²) in [5.41, 5.74) is 10.4. The summed E-state index contributed by atoms with van der Waals surface area (Å²) in [4.78, 5) is 66.9. The number of hydrogen-bond donors (Lipinski definition) is 7. The fourth-order valence-corrected chi connectivity index (χ4v) is 4.03. The molecule has 0 heterocycles. The Bertz CT molecular complexity index is 621. The molecule has 0 aromatic carbocycles. The summed E-state index contributed by atoms with van der Waals surface area (Å²) in [6.07, 6.45) is -0.0734. The predicted octanol–water partition coefficient (Wildman–Crippen LogP) is -3.15. The minimum absolute atomic E-state index is 0.000581. The lowest BCUT2D eigenvalue weighted by molar-refractivity contribution is -0.139. The first kappa shape index (κ1) is 26.5. The molecule has 0 unspecified atom stereocenters. The second kappa shape index (κ2) is 14.5. The zero-order valence-corrected chi connectivity index (χ0v) is 16.8. The number of carbonyl (C=O) groups is 6. The molecule has 0 aliphatic heterocycles. The zero-order valence-electron chi connectivity index (χ0n) is 15.2. The van der Waals surface area contributed by atoms with Crippen LogP contribution in [-0.2, 0) is 28.8 Å². The monoisotopic (exact) mass is 453 g/mol. The number of amides is 4. The van der Waals surface area contributed by atoms with Crippen molar-refractivity contribution in [2.24, 2.45) is 11.5 Å². The summed E-state index contributed by atoms with van der Waals surface area (Å²) in [5.74, 6) is -4.59. The molecule has 9 N–H and O–H groups in total. The van der Waals surface area contributed by atoms with Gasteiger partial charge in [-0.3, -0.25) is 28.8 Å². The van der Waals surface area contributed by atoms with Gasteiger partial charge in [0.15, 0.2) is 0 Å². The number of nitrogens with two attached hydrogens (primary N) is 2. The fraction of sp³-hybridized carbons (Fsp3) is 0.571. The van der Waals surface area contributed by atoms with Crippen molar-refractivity contribution in [3.05, 3.63) is 0 Å². The van der Waals surface area contributed by atoms with Crippen LogP contribution in [0.2, 0.25) is 0 Å². The van der Waals surface area contributed by atoms with Gasteiger partial charge in [-0.15, -0.1) is 0 Å². The van der Waals surface area contributed by atoms with E-state index >= 15 is 0 Å². The van der Waals surface area contributed by atoms with Crippen molar-refractivity contribution >= 4 is 57.7 Å². The van der Waals surface area contributed by atoms with Gasteiger partial charge in [0.1, 0.15) is 24.7 Å². The molecule has 0 aliphatic rings. The van der Waals surface area contributed by atoms with Crippen molar-refractivity contribution in [2.45, 2.75) is 31.0 Å². The van der Waals surface area contributed by atoms with E-state index < -0.39 is 54.3 Å². The van der Waals surface area contributed by atoms with Crippen LogP contribution in [0.3, 0.4) is 0 Å². The Morgan fingerprint density at radius 3 is 2.10 bits per heavy atom. The second-order valence-corrected chi connectivity index (χ2v) is 8.08. The second-order valence-electron chi connectivity index (χ2n) is 5.52. The molecule has 3 atom stereocenters. The molecule has 0 aromatic heterocycles. The summed E-state index contributed by atoms with van der Waals surface area (Å²) < 4.78 is 0. The maximum absolute atomic E-state index is 12.1. The highest BCUT2D eigenvalue weighted by Crippen LogP contribution is 2.23. The van der Waals surface area contributed by atoms with Crippen LogP contribution in [0.15, 0.2) is 0 Å². The third-order valence-electron chi connectivity index (χ3n) is 3.23. The summed E-state index contributed by atoms with van der Waals surface area (Å²) in [6, 6.07) is -3.27. The molecule has 4 amide bonds.